The molecule has 0 atom stereocenters. The van der Waals surface area contributed by atoms with E-state index in [0.29, 0.717) is 0 Å². The summed E-state index contributed by atoms with van der Waals surface area (Å²) in [7, 11) is 0. The van der Waals surface area contributed by atoms with Gasteiger partial charge < -0.3 is 5.11 Å². The lowest BCUT2D eigenvalue weighted by atomic mass is 10.2. The molecule has 0 radical (unpaired) electrons. The van der Waals surface area contributed by atoms with Gasteiger partial charge in [0.15, 0.2) is 0 Å². The van der Waals surface area contributed by atoms with Gasteiger partial charge in [-0.3, -0.25) is 4.79 Å². The highest BCUT2D eigenvalue weighted by Crippen LogP contribution is 2.28. The van der Waals surface area contributed by atoms with Gasteiger partial charge in [0, 0.05) is 6.42 Å². The summed E-state index contributed by atoms with van der Waals surface area (Å²) in [6.07, 6.45) is -5.03. The van der Waals surface area contributed by atoms with Crippen LogP contribution in [0.3, 0.4) is 0 Å². The zero-order chi connectivity index (χ0) is 11.4. The molecule has 0 saturated heterocycles. The minimum Gasteiger partial charge on any atom is -0.480 e. The standard InChI is InChI=1S/C8H13F3O2S/c1-7(2,6(12)13)14-5-3-4-8(9,10)11/h3-5H2,1-2H3,(H,12,13). The van der Waals surface area contributed by atoms with Crippen molar-refractivity contribution in [3.05, 3.63) is 0 Å². The molecule has 0 fully saturated rings. The van der Waals surface area contributed by atoms with Gasteiger partial charge in [-0.05, 0) is 26.0 Å². The van der Waals surface area contributed by atoms with Crippen LogP contribution >= 0.6 is 11.8 Å². The second kappa shape index (κ2) is 4.91. The predicted octanol–water partition coefficient (Wildman–Crippen LogP) is 2.93. The summed E-state index contributed by atoms with van der Waals surface area (Å²) in [5.41, 5.74) is 0. The Balaban J connectivity index is 3.70. The molecule has 84 valence electrons. The first-order chi connectivity index (χ1) is 6.15. The lowest BCUT2D eigenvalue weighted by molar-refractivity contribution is -0.138. The number of thioether (sulfide) groups is 1. The summed E-state index contributed by atoms with van der Waals surface area (Å²) in [5, 5.41) is 8.66. The molecule has 0 aliphatic heterocycles. The highest BCUT2D eigenvalue weighted by molar-refractivity contribution is 8.01. The average molecular weight is 230 g/mol. The van der Waals surface area contributed by atoms with Crippen molar-refractivity contribution in [3.8, 4) is 0 Å². The van der Waals surface area contributed by atoms with Crippen LogP contribution in [0.4, 0.5) is 13.2 Å². The van der Waals surface area contributed by atoms with Crippen molar-refractivity contribution < 1.29 is 23.1 Å². The summed E-state index contributed by atoms with van der Waals surface area (Å²) in [5.74, 6) is -0.798. The number of aliphatic carboxylic acids is 1. The Labute approximate surface area is 84.9 Å². The van der Waals surface area contributed by atoms with E-state index in [1.165, 1.54) is 13.8 Å². The molecular formula is C8H13F3O2S. The highest BCUT2D eigenvalue weighted by Gasteiger charge is 2.29. The molecule has 0 spiro atoms. The van der Waals surface area contributed by atoms with E-state index in [1.807, 2.05) is 0 Å². The maximum absolute atomic E-state index is 11.7. The van der Waals surface area contributed by atoms with Crippen LogP contribution < -0.4 is 0 Å². The molecule has 1 N–H and O–H groups in total. The van der Waals surface area contributed by atoms with Gasteiger partial charge in [-0.1, -0.05) is 0 Å². The minimum atomic E-state index is -4.14. The van der Waals surface area contributed by atoms with E-state index in [1.54, 1.807) is 0 Å². The van der Waals surface area contributed by atoms with Crippen LogP contribution in [-0.2, 0) is 4.79 Å². The summed E-state index contributed by atoms with van der Waals surface area (Å²) < 4.78 is 34.1. The highest BCUT2D eigenvalue weighted by atomic mass is 32.2. The van der Waals surface area contributed by atoms with Crippen LogP contribution in [0.5, 0.6) is 0 Å². The Morgan fingerprint density at radius 2 is 1.86 bits per heavy atom. The van der Waals surface area contributed by atoms with Crippen molar-refractivity contribution in [3.63, 3.8) is 0 Å². The molecule has 2 nitrogen and oxygen atoms in total. The molecule has 0 aromatic rings. The van der Waals surface area contributed by atoms with Crippen LogP contribution in [0.25, 0.3) is 0 Å². The van der Waals surface area contributed by atoms with Crippen molar-refractivity contribution in [1.82, 2.24) is 0 Å². The lowest BCUT2D eigenvalue weighted by Crippen LogP contribution is -2.27. The van der Waals surface area contributed by atoms with E-state index in [2.05, 4.69) is 0 Å². The van der Waals surface area contributed by atoms with Gasteiger partial charge in [0.25, 0.3) is 0 Å². The number of alkyl halides is 3. The Morgan fingerprint density at radius 3 is 2.21 bits per heavy atom. The summed E-state index contributed by atoms with van der Waals surface area (Å²) in [6.45, 7) is 2.96. The SMILES string of the molecule is CC(C)(SCCCC(F)(F)F)C(=O)O. The fourth-order valence-corrected chi connectivity index (χ4v) is 1.58. The van der Waals surface area contributed by atoms with Crippen LogP contribution in [0.2, 0.25) is 0 Å². The first-order valence-corrected chi connectivity index (χ1v) is 5.08. The number of hydrogen-bond donors (Lipinski definition) is 1. The zero-order valence-corrected chi connectivity index (χ0v) is 8.84. The van der Waals surface area contributed by atoms with E-state index in [0.717, 1.165) is 11.8 Å². The Hall–Kier alpha value is -0.390. The monoisotopic (exact) mass is 230 g/mol. The van der Waals surface area contributed by atoms with Gasteiger partial charge >= 0.3 is 12.1 Å². The quantitative estimate of drug-likeness (QED) is 0.738. The fraction of sp³-hybridized carbons (Fsp3) is 0.875. The molecule has 0 aliphatic carbocycles. The van der Waals surface area contributed by atoms with Crippen molar-refractivity contribution in [1.29, 1.82) is 0 Å². The first-order valence-electron chi connectivity index (χ1n) is 4.09. The third-order valence-corrected chi connectivity index (χ3v) is 2.97. The molecule has 0 amide bonds. The third-order valence-electron chi connectivity index (χ3n) is 1.58. The number of carboxylic acids is 1. The Kier molecular flexibility index (Phi) is 4.77. The van der Waals surface area contributed by atoms with Crippen molar-refractivity contribution in [2.45, 2.75) is 37.6 Å². The molecule has 6 heteroatoms. The largest absolute Gasteiger partial charge is 0.480 e. The van der Waals surface area contributed by atoms with E-state index in [4.69, 9.17) is 5.11 Å². The molecule has 0 aromatic carbocycles. The molecule has 0 heterocycles. The minimum absolute atomic E-state index is 0.0368. The number of hydrogen-bond acceptors (Lipinski definition) is 2. The van der Waals surface area contributed by atoms with Crippen molar-refractivity contribution in [2.75, 3.05) is 5.75 Å². The molecular weight excluding hydrogens is 217 g/mol. The molecule has 0 aromatic heterocycles. The normalized spacial score (nSPS) is 12.9. The van der Waals surface area contributed by atoms with Crippen LogP contribution in [0.15, 0.2) is 0 Å². The molecule has 0 bridgehead atoms. The van der Waals surface area contributed by atoms with Gasteiger partial charge in [0.05, 0.1) is 0 Å². The van der Waals surface area contributed by atoms with E-state index >= 15 is 0 Å². The molecule has 14 heavy (non-hydrogen) atoms. The summed E-state index contributed by atoms with van der Waals surface area (Å²) in [6, 6.07) is 0. The maximum atomic E-state index is 11.7. The van der Waals surface area contributed by atoms with Crippen LogP contribution in [0, 0.1) is 0 Å². The number of carbonyl (C=O) groups is 1. The first kappa shape index (κ1) is 13.6. The van der Waals surface area contributed by atoms with Crippen LogP contribution in [0.1, 0.15) is 26.7 Å². The second-order valence-electron chi connectivity index (χ2n) is 3.38. The zero-order valence-electron chi connectivity index (χ0n) is 8.02. The number of halogens is 3. The van der Waals surface area contributed by atoms with Crippen molar-refractivity contribution >= 4 is 17.7 Å². The number of carboxylic acid groups (broad SMARTS) is 1. The fourth-order valence-electron chi connectivity index (χ4n) is 0.662. The van der Waals surface area contributed by atoms with Gasteiger partial charge in [0.1, 0.15) is 4.75 Å². The smallest absolute Gasteiger partial charge is 0.389 e. The summed E-state index contributed by atoms with van der Waals surface area (Å²) in [4.78, 5) is 10.6. The van der Waals surface area contributed by atoms with E-state index < -0.39 is 23.3 Å². The Morgan fingerprint density at radius 1 is 1.36 bits per heavy atom. The predicted molar refractivity (Wildman–Crippen MR) is 49.5 cm³/mol. The topological polar surface area (TPSA) is 37.3 Å². The summed E-state index contributed by atoms with van der Waals surface area (Å²) >= 11 is 1.03. The second-order valence-corrected chi connectivity index (χ2v) is 5.10. The maximum Gasteiger partial charge on any atom is 0.389 e. The Bertz CT molecular complexity index is 201. The average Bonchev–Trinajstić information content (AvgIpc) is 1.96. The van der Waals surface area contributed by atoms with Gasteiger partial charge in [0.2, 0.25) is 0 Å². The van der Waals surface area contributed by atoms with Crippen LogP contribution in [-0.4, -0.2) is 27.8 Å². The molecule has 0 aliphatic rings. The number of rotatable bonds is 5. The molecule has 0 rings (SSSR count). The van der Waals surface area contributed by atoms with E-state index in [9.17, 15) is 18.0 Å². The van der Waals surface area contributed by atoms with Crippen molar-refractivity contribution in [2.24, 2.45) is 0 Å². The molecule has 0 unspecified atom stereocenters. The van der Waals surface area contributed by atoms with Gasteiger partial charge in [-0.2, -0.15) is 13.2 Å². The van der Waals surface area contributed by atoms with Gasteiger partial charge in [-0.25, -0.2) is 0 Å². The third kappa shape index (κ3) is 6.12. The van der Waals surface area contributed by atoms with E-state index in [-0.39, 0.29) is 12.2 Å². The lowest BCUT2D eigenvalue weighted by Gasteiger charge is -2.18. The van der Waals surface area contributed by atoms with Gasteiger partial charge in [-0.15, -0.1) is 11.8 Å². The molecule has 0 saturated carbocycles.